The highest BCUT2D eigenvalue weighted by Crippen LogP contribution is 2.33. The number of carbonyl (C=O) groups excluding carboxylic acids is 1. The minimum Gasteiger partial charge on any atom is -0.497 e. The largest absolute Gasteiger partial charge is 0.497 e. The fraction of sp³-hybridized carbons (Fsp3) is 0.412. The number of carbonyl (C=O) groups is 1. The fourth-order valence-electron chi connectivity index (χ4n) is 3.03. The molecule has 1 aliphatic rings. The quantitative estimate of drug-likeness (QED) is 0.868. The van der Waals surface area contributed by atoms with Crippen molar-refractivity contribution in [3.63, 3.8) is 0 Å². The molecule has 7 nitrogen and oxygen atoms in total. The summed E-state index contributed by atoms with van der Waals surface area (Å²) in [5.41, 5.74) is 1.73. The molecular weight excluding hydrogens is 310 g/mol. The van der Waals surface area contributed by atoms with Crippen LogP contribution in [0.1, 0.15) is 23.7 Å². The summed E-state index contributed by atoms with van der Waals surface area (Å²) >= 11 is 0. The Bertz CT molecular complexity index is 715. The zero-order valence-electron chi connectivity index (χ0n) is 13.7. The maximum atomic E-state index is 12.2. The van der Waals surface area contributed by atoms with Gasteiger partial charge in [-0.05, 0) is 31.0 Å². The number of aliphatic hydroxyl groups excluding tert-OH is 1. The predicted molar refractivity (Wildman–Crippen MR) is 87.8 cm³/mol. The molecule has 1 aromatic carbocycles. The van der Waals surface area contributed by atoms with Crippen molar-refractivity contribution in [1.29, 1.82) is 0 Å². The van der Waals surface area contributed by atoms with Crippen LogP contribution in [0.2, 0.25) is 0 Å². The molecule has 0 aliphatic carbocycles. The van der Waals surface area contributed by atoms with Gasteiger partial charge in [-0.25, -0.2) is 0 Å². The molecule has 2 atom stereocenters. The van der Waals surface area contributed by atoms with Crippen molar-refractivity contribution in [3.05, 3.63) is 41.6 Å². The summed E-state index contributed by atoms with van der Waals surface area (Å²) in [6.07, 6.45) is 0.128. The molecule has 2 aromatic rings. The van der Waals surface area contributed by atoms with E-state index < -0.39 is 6.10 Å². The third kappa shape index (κ3) is 3.74. The molecule has 2 heterocycles. The number of hydrogen-bond acceptors (Lipinski definition) is 6. The second-order valence-corrected chi connectivity index (χ2v) is 5.99. The van der Waals surface area contributed by atoms with Crippen LogP contribution in [0, 0.1) is 6.92 Å². The average molecular weight is 331 g/mol. The summed E-state index contributed by atoms with van der Waals surface area (Å²) in [5, 5.41) is 16.5. The number of nitrogens with one attached hydrogen (secondary N) is 1. The van der Waals surface area contributed by atoms with E-state index in [4.69, 9.17) is 9.26 Å². The lowest BCUT2D eigenvalue weighted by Crippen LogP contribution is -2.33. The second kappa shape index (κ2) is 7.02. The minimum absolute atomic E-state index is 0.0303. The van der Waals surface area contributed by atoms with E-state index in [-0.39, 0.29) is 18.5 Å². The smallest absolute Gasteiger partial charge is 0.240 e. The molecule has 1 fully saturated rings. The third-order valence-electron chi connectivity index (χ3n) is 4.10. The fourth-order valence-corrected chi connectivity index (χ4v) is 3.03. The Morgan fingerprint density at radius 3 is 3.04 bits per heavy atom. The van der Waals surface area contributed by atoms with Crippen molar-refractivity contribution < 1.29 is 19.2 Å². The maximum Gasteiger partial charge on any atom is 0.240 e. The van der Waals surface area contributed by atoms with Crippen molar-refractivity contribution in [2.75, 3.05) is 25.5 Å². The normalized spacial score (nSPS) is 21.0. The molecule has 1 aromatic heterocycles. The van der Waals surface area contributed by atoms with E-state index in [0.717, 1.165) is 11.3 Å². The van der Waals surface area contributed by atoms with Gasteiger partial charge in [0.2, 0.25) is 11.8 Å². The molecule has 0 radical (unpaired) electrons. The number of hydrogen-bond donors (Lipinski definition) is 2. The van der Waals surface area contributed by atoms with Gasteiger partial charge in [0.1, 0.15) is 5.75 Å². The molecule has 2 N–H and O–H groups in total. The number of amides is 1. The summed E-state index contributed by atoms with van der Waals surface area (Å²) in [7, 11) is 1.62. The number of ether oxygens (including phenoxy) is 1. The van der Waals surface area contributed by atoms with Crippen molar-refractivity contribution in [2.45, 2.75) is 25.5 Å². The molecule has 24 heavy (non-hydrogen) atoms. The molecule has 0 saturated carbocycles. The van der Waals surface area contributed by atoms with E-state index in [0.29, 0.717) is 24.5 Å². The molecule has 3 rings (SSSR count). The Balaban J connectivity index is 1.69. The third-order valence-corrected chi connectivity index (χ3v) is 4.10. The van der Waals surface area contributed by atoms with E-state index >= 15 is 0 Å². The van der Waals surface area contributed by atoms with Gasteiger partial charge < -0.3 is 14.4 Å². The number of nitrogens with zero attached hydrogens (tertiary/aromatic N) is 2. The van der Waals surface area contributed by atoms with Crippen LogP contribution in [0.5, 0.6) is 5.75 Å². The van der Waals surface area contributed by atoms with Gasteiger partial charge in [-0.15, -0.1) is 0 Å². The van der Waals surface area contributed by atoms with Gasteiger partial charge in [-0.3, -0.25) is 15.0 Å². The monoisotopic (exact) mass is 331 g/mol. The van der Waals surface area contributed by atoms with Crippen LogP contribution < -0.4 is 10.1 Å². The van der Waals surface area contributed by atoms with Crippen LogP contribution in [0.25, 0.3) is 0 Å². The molecule has 1 aliphatic heterocycles. The molecular formula is C17H21N3O4. The Morgan fingerprint density at radius 2 is 2.33 bits per heavy atom. The SMILES string of the molecule is COc1cccc(C2CC(O)CN2CC(=O)Nc2cc(C)no2)c1. The van der Waals surface area contributed by atoms with Gasteiger partial charge in [0, 0.05) is 18.7 Å². The average Bonchev–Trinajstić information content (AvgIpc) is 3.12. The molecule has 1 amide bonds. The number of benzene rings is 1. The number of methoxy groups -OCH3 is 1. The predicted octanol–water partition coefficient (Wildman–Crippen LogP) is 1.74. The number of aromatic nitrogens is 1. The zero-order chi connectivity index (χ0) is 17.1. The van der Waals surface area contributed by atoms with Crippen LogP contribution >= 0.6 is 0 Å². The van der Waals surface area contributed by atoms with E-state index in [9.17, 15) is 9.90 Å². The number of likely N-dealkylation sites (tertiary alicyclic amines) is 1. The first-order chi connectivity index (χ1) is 11.5. The molecule has 7 heteroatoms. The number of anilines is 1. The number of rotatable bonds is 5. The van der Waals surface area contributed by atoms with Crippen molar-refractivity contribution >= 4 is 11.8 Å². The molecule has 2 unspecified atom stereocenters. The molecule has 0 spiro atoms. The van der Waals surface area contributed by atoms with Gasteiger partial charge in [0.25, 0.3) is 0 Å². The van der Waals surface area contributed by atoms with Crippen molar-refractivity contribution in [3.8, 4) is 5.75 Å². The van der Waals surface area contributed by atoms with Crippen LogP contribution in [-0.4, -0.2) is 47.4 Å². The van der Waals surface area contributed by atoms with Crippen LogP contribution in [-0.2, 0) is 4.79 Å². The first-order valence-corrected chi connectivity index (χ1v) is 7.84. The molecule has 1 saturated heterocycles. The van der Waals surface area contributed by atoms with Gasteiger partial charge in [-0.1, -0.05) is 17.3 Å². The minimum atomic E-state index is -0.457. The molecule has 0 bridgehead atoms. The topological polar surface area (TPSA) is 87.8 Å². The zero-order valence-corrected chi connectivity index (χ0v) is 13.7. The highest BCUT2D eigenvalue weighted by Gasteiger charge is 2.33. The Labute approximate surface area is 140 Å². The second-order valence-electron chi connectivity index (χ2n) is 5.99. The first-order valence-electron chi connectivity index (χ1n) is 7.84. The standard InChI is InChI=1S/C17H21N3O4/c1-11-6-17(24-19-11)18-16(22)10-20-9-13(21)8-15(20)12-4-3-5-14(7-12)23-2/h3-7,13,15,21H,8-10H2,1-2H3,(H,18,22). The summed E-state index contributed by atoms with van der Waals surface area (Å²) in [4.78, 5) is 14.2. The Kier molecular flexibility index (Phi) is 4.82. The van der Waals surface area contributed by atoms with Crippen LogP contribution in [0.3, 0.4) is 0 Å². The van der Waals surface area contributed by atoms with Gasteiger partial charge in [0.15, 0.2) is 0 Å². The lowest BCUT2D eigenvalue weighted by atomic mass is 10.0. The van der Waals surface area contributed by atoms with Gasteiger partial charge in [0.05, 0.1) is 25.5 Å². The van der Waals surface area contributed by atoms with Crippen LogP contribution in [0.15, 0.2) is 34.9 Å². The Morgan fingerprint density at radius 1 is 1.50 bits per heavy atom. The van der Waals surface area contributed by atoms with Crippen molar-refractivity contribution in [2.24, 2.45) is 0 Å². The van der Waals surface area contributed by atoms with Gasteiger partial charge >= 0.3 is 0 Å². The van der Waals surface area contributed by atoms with E-state index in [1.165, 1.54) is 0 Å². The summed E-state index contributed by atoms with van der Waals surface area (Å²) in [6, 6.07) is 9.34. The summed E-state index contributed by atoms with van der Waals surface area (Å²) < 4.78 is 10.3. The lowest BCUT2D eigenvalue weighted by Gasteiger charge is -2.23. The van der Waals surface area contributed by atoms with Crippen molar-refractivity contribution in [1.82, 2.24) is 10.1 Å². The summed E-state index contributed by atoms with van der Waals surface area (Å²) in [6.45, 7) is 2.40. The van der Waals surface area contributed by atoms with Crippen LogP contribution in [0.4, 0.5) is 5.88 Å². The lowest BCUT2D eigenvalue weighted by molar-refractivity contribution is -0.117. The first kappa shape index (κ1) is 16.5. The highest BCUT2D eigenvalue weighted by atomic mass is 16.5. The number of aryl methyl sites for hydroxylation is 1. The molecule has 128 valence electrons. The van der Waals surface area contributed by atoms with E-state index in [2.05, 4.69) is 10.5 Å². The summed E-state index contributed by atoms with van der Waals surface area (Å²) in [5.74, 6) is 0.888. The number of β-amino-alcohol motifs (C(OH)–C–C–N with tert-alkyl or cyclic N) is 1. The Hall–Kier alpha value is -2.38. The number of aliphatic hydroxyl groups is 1. The van der Waals surface area contributed by atoms with Gasteiger partial charge in [-0.2, -0.15) is 0 Å². The maximum absolute atomic E-state index is 12.2. The van der Waals surface area contributed by atoms with E-state index in [1.807, 2.05) is 29.2 Å². The highest BCUT2D eigenvalue weighted by molar-refractivity contribution is 5.91. The van der Waals surface area contributed by atoms with E-state index in [1.54, 1.807) is 20.1 Å².